The van der Waals surface area contributed by atoms with E-state index in [1.165, 1.54) is 11.1 Å². The van der Waals surface area contributed by atoms with Gasteiger partial charge < -0.3 is 0 Å². The zero-order valence-electron chi connectivity index (χ0n) is 8.07. The molecule has 0 aromatic rings. The molecule has 0 aromatic heterocycles. The van der Waals surface area contributed by atoms with E-state index in [2.05, 4.69) is 0 Å². The summed E-state index contributed by atoms with van der Waals surface area (Å²) >= 11 is 0. The average Bonchev–Trinajstić information content (AvgIpc) is 1.96. The molecule has 3 nitrogen and oxygen atoms in total. The second kappa shape index (κ2) is 3.70. The molecule has 1 aliphatic carbocycles. The molecule has 0 spiro atoms. The number of allylic oxidation sites excluding steroid dienone is 2. The Hall–Kier alpha value is -0.500. The smallest absolute Gasteiger partial charge is 0.133 e. The summed E-state index contributed by atoms with van der Waals surface area (Å²) in [6.45, 7) is 5.83. The van der Waals surface area contributed by atoms with E-state index in [0.717, 1.165) is 0 Å². The highest BCUT2D eigenvalue weighted by Gasteiger charge is 2.35. The first-order valence-corrected chi connectivity index (χ1v) is 5.27. The molecule has 13 heavy (non-hydrogen) atoms. The van der Waals surface area contributed by atoms with Crippen LogP contribution in [0.4, 0.5) is 0 Å². The molecule has 0 amide bonds. The monoisotopic (exact) mass is 201 g/mol. The highest BCUT2D eigenvalue weighted by atomic mass is 31.1. The molecule has 2 unspecified atom stereocenters. The van der Waals surface area contributed by atoms with Gasteiger partial charge >= 0.3 is 8.25 Å². The molecule has 0 saturated heterocycles. The molecule has 4 heteroatoms. The minimum absolute atomic E-state index is 0.619. The van der Waals surface area contributed by atoms with Crippen molar-refractivity contribution in [3.8, 4) is 0 Å². The SMILES string of the molecule is CC1=C(C)CC(C)(O[P+](=O)O)C=C1. The molecule has 0 heterocycles. The molecule has 1 aliphatic rings. The predicted octanol–water partition coefficient (Wildman–Crippen LogP) is 2.71. The van der Waals surface area contributed by atoms with Crippen molar-refractivity contribution in [2.24, 2.45) is 0 Å². The molecule has 1 rings (SSSR count). The summed E-state index contributed by atoms with van der Waals surface area (Å²) in [4.78, 5) is 8.66. The van der Waals surface area contributed by atoms with E-state index in [1.54, 1.807) is 0 Å². The van der Waals surface area contributed by atoms with E-state index in [0.29, 0.717) is 6.42 Å². The van der Waals surface area contributed by atoms with Crippen LogP contribution in [-0.2, 0) is 9.09 Å². The van der Waals surface area contributed by atoms with Crippen LogP contribution in [0.5, 0.6) is 0 Å². The Kier molecular flexibility index (Phi) is 3.01. The minimum atomic E-state index is -2.53. The van der Waals surface area contributed by atoms with Crippen LogP contribution in [0, 0.1) is 0 Å². The van der Waals surface area contributed by atoms with Crippen molar-refractivity contribution in [3.63, 3.8) is 0 Å². The third-order valence-corrected chi connectivity index (χ3v) is 2.84. The second-order valence-electron chi connectivity index (χ2n) is 3.62. The van der Waals surface area contributed by atoms with Crippen LogP contribution < -0.4 is 0 Å². The third kappa shape index (κ3) is 2.73. The lowest BCUT2D eigenvalue weighted by molar-refractivity contribution is 0.131. The van der Waals surface area contributed by atoms with Gasteiger partial charge in [0, 0.05) is 11.0 Å². The highest BCUT2D eigenvalue weighted by Crippen LogP contribution is 2.35. The second-order valence-corrected chi connectivity index (χ2v) is 4.27. The van der Waals surface area contributed by atoms with Gasteiger partial charge in [-0.2, -0.15) is 0 Å². The van der Waals surface area contributed by atoms with Crippen LogP contribution in [0.15, 0.2) is 23.3 Å². The maximum absolute atomic E-state index is 10.5. The lowest BCUT2D eigenvalue weighted by atomic mass is 9.89. The highest BCUT2D eigenvalue weighted by molar-refractivity contribution is 7.32. The molecule has 2 atom stereocenters. The topological polar surface area (TPSA) is 46.5 Å². The number of rotatable bonds is 2. The van der Waals surface area contributed by atoms with Gasteiger partial charge in [-0.3, -0.25) is 0 Å². The first kappa shape index (κ1) is 10.6. The van der Waals surface area contributed by atoms with Crippen LogP contribution in [0.2, 0.25) is 0 Å². The normalized spacial score (nSPS) is 29.4. The summed E-state index contributed by atoms with van der Waals surface area (Å²) < 4.78 is 15.5. The van der Waals surface area contributed by atoms with Crippen molar-refractivity contribution in [1.29, 1.82) is 0 Å². The van der Waals surface area contributed by atoms with Gasteiger partial charge in [0.25, 0.3) is 0 Å². The summed E-state index contributed by atoms with van der Waals surface area (Å²) in [5.41, 5.74) is 1.78. The quantitative estimate of drug-likeness (QED) is 0.698. The van der Waals surface area contributed by atoms with Gasteiger partial charge in [-0.25, -0.2) is 0 Å². The number of hydrogen-bond donors (Lipinski definition) is 1. The first-order valence-electron chi connectivity index (χ1n) is 4.14. The standard InChI is InChI=1S/C9H13O3P/c1-7-4-5-9(3,6-8(7)2)12-13(10)11/h4-5H,6H2,1-3H3/p+1. The Morgan fingerprint density at radius 1 is 1.62 bits per heavy atom. The Labute approximate surface area is 79.1 Å². The lowest BCUT2D eigenvalue weighted by Gasteiger charge is -2.23. The average molecular weight is 201 g/mol. The van der Waals surface area contributed by atoms with Crippen LogP contribution in [0.3, 0.4) is 0 Å². The van der Waals surface area contributed by atoms with Crippen LogP contribution in [-0.4, -0.2) is 10.5 Å². The molecule has 0 radical (unpaired) electrons. The van der Waals surface area contributed by atoms with Gasteiger partial charge in [-0.15, -0.1) is 9.42 Å². The van der Waals surface area contributed by atoms with E-state index < -0.39 is 13.9 Å². The summed E-state index contributed by atoms with van der Waals surface area (Å²) in [7, 11) is -2.53. The van der Waals surface area contributed by atoms with E-state index >= 15 is 0 Å². The summed E-state index contributed by atoms with van der Waals surface area (Å²) in [6.07, 6.45) is 4.44. The Balaban J connectivity index is 2.78. The molecular formula is C9H14O3P+. The fourth-order valence-corrected chi connectivity index (χ4v) is 1.89. The molecular weight excluding hydrogens is 187 g/mol. The predicted molar refractivity (Wildman–Crippen MR) is 51.4 cm³/mol. The first-order chi connectivity index (χ1) is 5.93. The fraction of sp³-hybridized carbons (Fsp3) is 0.556. The van der Waals surface area contributed by atoms with E-state index in [1.807, 2.05) is 32.9 Å². The van der Waals surface area contributed by atoms with Gasteiger partial charge in [0.2, 0.25) is 0 Å². The Morgan fingerprint density at radius 2 is 2.23 bits per heavy atom. The minimum Gasteiger partial charge on any atom is -0.133 e. The van der Waals surface area contributed by atoms with Gasteiger partial charge in [0.05, 0.1) is 0 Å². The molecule has 0 bridgehead atoms. The maximum Gasteiger partial charge on any atom is 0.695 e. The van der Waals surface area contributed by atoms with Crippen LogP contribution >= 0.6 is 8.25 Å². The molecule has 72 valence electrons. The largest absolute Gasteiger partial charge is 0.695 e. The molecule has 0 aliphatic heterocycles. The van der Waals surface area contributed by atoms with Gasteiger partial charge in [0.15, 0.2) is 0 Å². The maximum atomic E-state index is 10.5. The van der Waals surface area contributed by atoms with Crippen molar-refractivity contribution in [1.82, 2.24) is 0 Å². The third-order valence-electron chi connectivity index (χ3n) is 2.26. The van der Waals surface area contributed by atoms with Crippen molar-refractivity contribution in [3.05, 3.63) is 23.3 Å². The molecule has 0 fully saturated rings. The van der Waals surface area contributed by atoms with Crippen molar-refractivity contribution in [2.75, 3.05) is 0 Å². The van der Waals surface area contributed by atoms with Crippen LogP contribution in [0.25, 0.3) is 0 Å². The molecule has 0 saturated carbocycles. The zero-order valence-corrected chi connectivity index (χ0v) is 8.97. The molecule has 1 N–H and O–H groups in total. The Morgan fingerprint density at radius 3 is 2.69 bits per heavy atom. The summed E-state index contributed by atoms with van der Waals surface area (Å²) in [5.74, 6) is 0. The number of hydrogen-bond acceptors (Lipinski definition) is 2. The lowest BCUT2D eigenvalue weighted by Crippen LogP contribution is -2.25. The summed E-state index contributed by atoms with van der Waals surface area (Å²) in [6, 6.07) is 0. The van der Waals surface area contributed by atoms with Gasteiger partial charge in [0.1, 0.15) is 5.60 Å². The van der Waals surface area contributed by atoms with Crippen molar-refractivity contribution < 1.29 is 14.0 Å². The van der Waals surface area contributed by atoms with Crippen molar-refractivity contribution >= 4 is 8.25 Å². The van der Waals surface area contributed by atoms with E-state index in [4.69, 9.17) is 9.42 Å². The summed E-state index contributed by atoms with van der Waals surface area (Å²) in [5, 5.41) is 0. The fourth-order valence-electron chi connectivity index (χ4n) is 1.41. The van der Waals surface area contributed by atoms with Gasteiger partial charge in [-0.05, 0) is 26.8 Å². The Bertz CT molecular complexity index is 293. The molecule has 0 aromatic carbocycles. The van der Waals surface area contributed by atoms with E-state index in [-0.39, 0.29) is 0 Å². The van der Waals surface area contributed by atoms with Crippen molar-refractivity contribution in [2.45, 2.75) is 32.8 Å². The van der Waals surface area contributed by atoms with Gasteiger partial charge in [-0.1, -0.05) is 17.2 Å². The van der Waals surface area contributed by atoms with E-state index in [9.17, 15) is 4.57 Å². The zero-order chi connectivity index (χ0) is 10.1. The van der Waals surface area contributed by atoms with Crippen LogP contribution in [0.1, 0.15) is 27.2 Å².